The molecule has 1 N–H and O–H groups in total. The molecule has 0 aliphatic carbocycles. The normalized spacial score (nSPS) is 11.2. The molecule has 0 aliphatic rings. The lowest BCUT2D eigenvalue weighted by Gasteiger charge is -2.19. The van der Waals surface area contributed by atoms with Crippen molar-refractivity contribution in [2.75, 3.05) is 19.7 Å². The first-order chi connectivity index (χ1) is 9.02. The van der Waals surface area contributed by atoms with Gasteiger partial charge in [-0.05, 0) is 23.8 Å². The standard InChI is InChI=1S/C13H14F3NO2/c14-11-4-1-10(2-5-11)3-6-13(19)17(7-8-18)9-12(15)16/h1-6,12,18H,7-9H2/b6-3+. The third-order valence-corrected chi connectivity index (χ3v) is 2.33. The Balaban J connectivity index is 2.67. The van der Waals surface area contributed by atoms with E-state index < -0.39 is 24.7 Å². The van der Waals surface area contributed by atoms with Crippen molar-refractivity contribution in [2.45, 2.75) is 6.43 Å². The summed E-state index contributed by atoms with van der Waals surface area (Å²) >= 11 is 0. The summed E-state index contributed by atoms with van der Waals surface area (Å²) in [6.07, 6.45) is -0.141. The van der Waals surface area contributed by atoms with Crippen LogP contribution in [0.3, 0.4) is 0 Å². The maximum absolute atomic E-state index is 12.6. The number of alkyl halides is 2. The highest BCUT2D eigenvalue weighted by molar-refractivity contribution is 5.91. The smallest absolute Gasteiger partial charge is 0.255 e. The third-order valence-electron chi connectivity index (χ3n) is 2.33. The number of aliphatic hydroxyl groups is 1. The van der Waals surface area contributed by atoms with E-state index in [1.807, 2.05) is 0 Å². The van der Waals surface area contributed by atoms with Gasteiger partial charge in [0.25, 0.3) is 6.43 Å². The second kappa shape index (κ2) is 7.58. The van der Waals surface area contributed by atoms with Gasteiger partial charge in [0.1, 0.15) is 5.82 Å². The quantitative estimate of drug-likeness (QED) is 0.804. The topological polar surface area (TPSA) is 40.5 Å². The van der Waals surface area contributed by atoms with Crippen molar-refractivity contribution >= 4 is 12.0 Å². The second-order valence-corrected chi connectivity index (χ2v) is 3.78. The van der Waals surface area contributed by atoms with Crippen LogP contribution in [0.15, 0.2) is 30.3 Å². The van der Waals surface area contributed by atoms with E-state index in [0.717, 1.165) is 11.0 Å². The summed E-state index contributed by atoms with van der Waals surface area (Å²) in [4.78, 5) is 12.5. The Hall–Kier alpha value is -1.82. The highest BCUT2D eigenvalue weighted by Crippen LogP contribution is 2.06. The number of carbonyl (C=O) groups is 1. The minimum absolute atomic E-state index is 0.156. The molecule has 1 aromatic rings. The van der Waals surface area contributed by atoms with Crippen LogP contribution in [0.4, 0.5) is 13.2 Å². The Morgan fingerprint density at radius 3 is 2.47 bits per heavy atom. The molecule has 0 spiro atoms. The number of nitrogens with zero attached hydrogens (tertiary/aromatic N) is 1. The lowest BCUT2D eigenvalue weighted by atomic mass is 10.2. The van der Waals surface area contributed by atoms with Crippen LogP contribution < -0.4 is 0 Å². The Labute approximate surface area is 109 Å². The number of hydrogen-bond donors (Lipinski definition) is 1. The van der Waals surface area contributed by atoms with Gasteiger partial charge in [-0.3, -0.25) is 4.79 Å². The van der Waals surface area contributed by atoms with Crippen molar-refractivity contribution in [2.24, 2.45) is 0 Å². The predicted octanol–water partition coefficient (Wildman–Crippen LogP) is 1.92. The first-order valence-corrected chi connectivity index (χ1v) is 5.64. The molecule has 19 heavy (non-hydrogen) atoms. The van der Waals surface area contributed by atoms with Crippen LogP contribution in [-0.2, 0) is 4.79 Å². The van der Waals surface area contributed by atoms with E-state index in [1.165, 1.54) is 30.3 Å². The number of rotatable bonds is 6. The van der Waals surface area contributed by atoms with E-state index in [1.54, 1.807) is 0 Å². The second-order valence-electron chi connectivity index (χ2n) is 3.78. The number of hydrogen-bond acceptors (Lipinski definition) is 2. The molecule has 0 saturated carbocycles. The summed E-state index contributed by atoms with van der Waals surface area (Å²) in [6.45, 7) is -1.27. The molecular weight excluding hydrogens is 259 g/mol. The zero-order chi connectivity index (χ0) is 14.3. The van der Waals surface area contributed by atoms with Gasteiger partial charge >= 0.3 is 0 Å². The number of aliphatic hydroxyl groups excluding tert-OH is 1. The number of halogens is 3. The van der Waals surface area contributed by atoms with Crippen molar-refractivity contribution in [1.29, 1.82) is 0 Å². The Morgan fingerprint density at radius 2 is 1.95 bits per heavy atom. The lowest BCUT2D eigenvalue weighted by Crippen LogP contribution is -2.36. The van der Waals surface area contributed by atoms with Crippen LogP contribution in [0.1, 0.15) is 5.56 Å². The largest absolute Gasteiger partial charge is 0.395 e. The SMILES string of the molecule is O=C(/C=C/c1ccc(F)cc1)N(CCO)CC(F)F. The fourth-order valence-corrected chi connectivity index (χ4v) is 1.43. The zero-order valence-electron chi connectivity index (χ0n) is 10.1. The summed E-state index contributed by atoms with van der Waals surface area (Å²) in [5, 5.41) is 8.71. The van der Waals surface area contributed by atoms with Crippen LogP contribution in [0, 0.1) is 5.82 Å². The van der Waals surface area contributed by atoms with E-state index >= 15 is 0 Å². The van der Waals surface area contributed by atoms with Crippen LogP contribution in [-0.4, -0.2) is 42.0 Å². The highest BCUT2D eigenvalue weighted by Gasteiger charge is 2.15. The van der Waals surface area contributed by atoms with Gasteiger partial charge in [-0.2, -0.15) is 0 Å². The molecule has 0 saturated heterocycles. The molecule has 1 aromatic carbocycles. The first-order valence-electron chi connectivity index (χ1n) is 5.64. The monoisotopic (exact) mass is 273 g/mol. The van der Waals surface area contributed by atoms with Crippen molar-refractivity contribution < 1.29 is 23.1 Å². The van der Waals surface area contributed by atoms with Crippen LogP contribution in [0.5, 0.6) is 0 Å². The van der Waals surface area contributed by atoms with E-state index in [4.69, 9.17) is 5.11 Å². The molecule has 0 bridgehead atoms. The van der Waals surface area contributed by atoms with Gasteiger partial charge in [-0.25, -0.2) is 13.2 Å². The number of benzene rings is 1. The summed E-state index contributed by atoms with van der Waals surface area (Å²) < 4.78 is 37.1. The van der Waals surface area contributed by atoms with Gasteiger partial charge < -0.3 is 10.0 Å². The number of amides is 1. The van der Waals surface area contributed by atoms with Gasteiger partial charge in [-0.1, -0.05) is 12.1 Å². The van der Waals surface area contributed by atoms with Crippen molar-refractivity contribution in [3.05, 3.63) is 41.7 Å². The van der Waals surface area contributed by atoms with Gasteiger partial charge in [0, 0.05) is 12.6 Å². The van der Waals surface area contributed by atoms with E-state index in [0.29, 0.717) is 5.56 Å². The van der Waals surface area contributed by atoms with E-state index in [9.17, 15) is 18.0 Å². The Bertz CT molecular complexity index is 432. The molecule has 3 nitrogen and oxygen atoms in total. The molecule has 6 heteroatoms. The predicted molar refractivity (Wildman–Crippen MR) is 65.1 cm³/mol. The molecule has 0 radical (unpaired) electrons. The third kappa shape index (κ3) is 5.56. The average molecular weight is 273 g/mol. The van der Waals surface area contributed by atoms with E-state index in [2.05, 4.69) is 0 Å². The molecule has 1 rings (SSSR count). The maximum atomic E-state index is 12.6. The lowest BCUT2D eigenvalue weighted by molar-refractivity contribution is -0.128. The van der Waals surface area contributed by atoms with Gasteiger partial charge in [0.15, 0.2) is 0 Å². The summed E-state index contributed by atoms with van der Waals surface area (Å²) in [7, 11) is 0. The molecule has 1 amide bonds. The van der Waals surface area contributed by atoms with E-state index in [-0.39, 0.29) is 13.2 Å². The fourth-order valence-electron chi connectivity index (χ4n) is 1.43. The molecule has 0 unspecified atom stereocenters. The minimum atomic E-state index is -2.66. The maximum Gasteiger partial charge on any atom is 0.255 e. The molecule has 0 atom stereocenters. The summed E-state index contributed by atoms with van der Waals surface area (Å²) in [5.41, 5.74) is 0.579. The van der Waals surface area contributed by atoms with Crippen LogP contribution in [0.2, 0.25) is 0 Å². The minimum Gasteiger partial charge on any atom is -0.395 e. The molecule has 0 aromatic heterocycles. The van der Waals surface area contributed by atoms with Crippen LogP contribution in [0.25, 0.3) is 6.08 Å². The molecule has 0 heterocycles. The Kier molecular flexibility index (Phi) is 6.08. The zero-order valence-corrected chi connectivity index (χ0v) is 10.1. The summed E-state index contributed by atoms with van der Waals surface area (Å²) in [5.74, 6) is -1.03. The van der Waals surface area contributed by atoms with Gasteiger partial charge in [0.05, 0.1) is 13.2 Å². The molecule has 0 fully saturated rings. The Morgan fingerprint density at radius 1 is 1.32 bits per heavy atom. The van der Waals surface area contributed by atoms with Crippen molar-refractivity contribution in [1.82, 2.24) is 4.90 Å². The number of carbonyl (C=O) groups excluding carboxylic acids is 1. The molecule has 0 aliphatic heterocycles. The van der Waals surface area contributed by atoms with Crippen LogP contribution >= 0.6 is 0 Å². The molecular formula is C13H14F3NO2. The van der Waals surface area contributed by atoms with Crippen molar-refractivity contribution in [3.63, 3.8) is 0 Å². The van der Waals surface area contributed by atoms with Gasteiger partial charge in [-0.15, -0.1) is 0 Å². The average Bonchev–Trinajstić information content (AvgIpc) is 2.37. The van der Waals surface area contributed by atoms with Crippen molar-refractivity contribution in [3.8, 4) is 0 Å². The summed E-state index contributed by atoms with van der Waals surface area (Å²) in [6, 6.07) is 5.38. The first kappa shape index (κ1) is 15.2. The molecule has 104 valence electrons. The van der Waals surface area contributed by atoms with Gasteiger partial charge in [0.2, 0.25) is 5.91 Å². The fraction of sp³-hybridized carbons (Fsp3) is 0.308. The highest BCUT2D eigenvalue weighted by atomic mass is 19.3.